The molecule has 1 rings (SSSR count). The molecule has 7 nitrogen and oxygen atoms in total. The molecule has 0 radical (unpaired) electrons. The summed E-state index contributed by atoms with van der Waals surface area (Å²) in [7, 11) is 1.66. The minimum Gasteiger partial charge on any atom is -0.409 e. The van der Waals surface area contributed by atoms with E-state index in [-0.39, 0.29) is 16.9 Å². The molecular formula is C9H17N5O2S. The van der Waals surface area contributed by atoms with Crippen molar-refractivity contribution in [2.45, 2.75) is 25.4 Å². The molecule has 0 aliphatic carbocycles. The first kappa shape index (κ1) is 13.6. The summed E-state index contributed by atoms with van der Waals surface area (Å²) >= 11 is 1.45. The smallest absolute Gasteiger partial charge is 0.343 e. The van der Waals surface area contributed by atoms with Crippen molar-refractivity contribution in [3.63, 3.8) is 0 Å². The lowest BCUT2D eigenvalue weighted by Crippen LogP contribution is -2.32. The summed E-state index contributed by atoms with van der Waals surface area (Å²) in [6.45, 7) is 3.79. The number of aromatic amines is 1. The molecule has 8 heteroatoms. The minimum absolute atomic E-state index is 0.203. The Morgan fingerprint density at radius 3 is 2.82 bits per heavy atom. The second kappa shape index (κ2) is 5.26. The van der Waals surface area contributed by atoms with E-state index in [1.807, 2.05) is 13.8 Å². The van der Waals surface area contributed by atoms with Gasteiger partial charge in [0.1, 0.15) is 5.84 Å². The van der Waals surface area contributed by atoms with Crippen LogP contribution in [0.1, 0.15) is 20.3 Å². The van der Waals surface area contributed by atoms with E-state index < -0.39 is 0 Å². The Morgan fingerprint density at radius 1 is 1.71 bits per heavy atom. The van der Waals surface area contributed by atoms with Crippen LogP contribution in [0.3, 0.4) is 0 Å². The first-order valence-corrected chi connectivity index (χ1v) is 6.09. The number of H-pyrrole nitrogens is 1. The van der Waals surface area contributed by atoms with Crippen LogP contribution in [-0.2, 0) is 7.05 Å². The van der Waals surface area contributed by atoms with Crippen molar-refractivity contribution in [2.75, 3.05) is 5.75 Å². The van der Waals surface area contributed by atoms with Crippen molar-refractivity contribution >= 4 is 17.6 Å². The molecule has 1 aromatic rings. The maximum Gasteiger partial charge on any atom is 0.343 e. The Balaban J connectivity index is 2.54. The van der Waals surface area contributed by atoms with Crippen LogP contribution in [0.4, 0.5) is 0 Å². The predicted molar refractivity (Wildman–Crippen MR) is 66.4 cm³/mol. The third kappa shape index (κ3) is 3.26. The molecule has 1 heterocycles. The summed E-state index contributed by atoms with van der Waals surface area (Å²) in [6.07, 6.45) is 0.717. The largest absolute Gasteiger partial charge is 0.409 e. The molecule has 0 unspecified atom stereocenters. The lowest BCUT2D eigenvalue weighted by atomic mass is 9.89. The summed E-state index contributed by atoms with van der Waals surface area (Å²) < 4.78 is 1.45. The molecule has 0 aliphatic heterocycles. The molecule has 0 aliphatic rings. The van der Waals surface area contributed by atoms with Crippen molar-refractivity contribution in [2.24, 2.45) is 23.4 Å². The Morgan fingerprint density at radius 2 is 2.35 bits per heavy atom. The lowest BCUT2D eigenvalue weighted by Gasteiger charge is -2.21. The van der Waals surface area contributed by atoms with Gasteiger partial charge in [0, 0.05) is 18.2 Å². The van der Waals surface area contributed by atoms with E-state index in [9.17, 15) is 4.79 Å². The SMILES string of the molecule is Cn1c(SCCC(C)(C)C(N)=NO)n[nH]c1=O. The predicted octanol–water partition coefficient (Wildman–Crippen LogP) is 0.363. The highest BCUT2D eigenvalue weighted by molar-refractivity contribution is 7.99. The van der Waals surface area contributed by atoms with Gasteiger partial charge in [0.2, 0.25) is 0 Å². The van der Waals surface area contributed by atoms with E-state index in [0.717, 1.165) is 5.75 Å². The summed E-state index contributed by atoms with van der Waals surface area (Å²) in [6, 6.07) is 0. The van der Waals surface area contributed by atoms with Gasteiger partial charge in [0.05, 0.1) is 0 Å². The van der Waals surface area contributed by atoms with Gasteiger partial charge in [-0.3, -0.25) is 4.57 Å². The molecule has 0 bridgehead atoms. The molecule has 0 saturated heterocycles. The number of rotatable bonds is 5. The Kier molecular flexibility index (Phi) is 4.22. The maximum atomic E-state index is 11.1. The standard InChI is InChI=1S/C9H17N5O2S/c1-9(2,6(10)13-16)4-5-17-8-12-11-7(15)14(8)3/h16H,4-5H2,1-3H3,(H2,10,13)(H,11,15). The number of thioether (sulfide) groups is 1. The van der Waals surface area contributed by atoms with Crippen LogP contribution < -0.4 is 11.4 Å². The Hall–Kier alpha value is -1.44. The molecule has 0 spiro atoms. The van der Waals surface area contributed by atoms with Crippen LogP contribution in [0.15, 0.2) is 15.1 Å². The molecular weight excluding hydrogens is 242 g/mol. The van der Waals surface area contributed by atoms with Gasteiger partial charge in [-0.1, -0.05) is 30.8 Å². The van der Waals surface area contributed by atoms with Gasteiger partial charge in [0.25, 0.3) is 0 Å². The highest BCUT2D eigenvalue weighted by atomic mass is 32.2. The van der Waals surface area contributed by atoms with Gasteiger partial charge in [-0.25, -0.2) is 9.89 Å². The van der Waals surface area contributed by atoms with Crippen molar-refractivity contribution in [3.05, 3.63) is 10.5 Å². The Labute approximate surface area is 103 Å². The highest BCUT2D eigenvalue weighted by Gasteiger charge is 2.23. The summed E-state index contributed by atoms with van der Waals surface area (Å²) in [5.41, 5.74) is 4.97. The molecule has 0 atom stereocenters. The summed E-state index contributed by atoms with van der Waals surface area (Å²) in [5.74, 6) is 0.926. The second-order valence-corrected chi connectivity index (χ2v) is 5.40. The zero-order valence-electron chi connectivity index (χ0n) is 10.1. The van der Waals surface area contributed by atoms with Gasteiger partial charge in [0.15, 0.2) is 5.16 Å². The van der Waals surface area contributed by atoms with Gasteiger partial charge in [-0.05, 0) is 6.42 Å². The summed E-state index contributed by atoms with van der Waals surface area (Å²) in [5, 5.41) is 18.5. The van der Waals surface area contributed by atoms with Gasteiger partial charge in [-0.15, -0.1) is 5.10 Å². The van der Waals surface area contributed by atoms with Gasteiger partial charge >= 0.3 is 5.69 Å². The van der Waals surface area contributed by atoms with E-state index in [2.05, 4.69) is 15.4 Å². The monoisotopic (exact) mass is 259 g/mol. The number of nitrogens with zero attached hydrogens (tertiary/aromatic N) is 3. The van der Waals surface area contributed by atoms with E-state index in [0.29, 0.717) is 11.6 Å². The topological polar surface area (TPSA) is 109 Å². The van der Waals surface area contributed by atoms with E-state index in [1.54, 1.807) is 7.05 Å². The van der Waals surface area contributed by atoms with Crippen molar-refractivity contribution < 1.29 is 5.21 Å². The van der Waals surface area contributed by atoms with Crippen molar-refractivity contribution in [1.29, 1.82) is 0 Å². The number of nitrogens with two attached hydrogens (primary N) is 1. The molecule has 4 N–H and O–H groups in total. The van der Waals surface area contributed by atoms with Gasteiger partial charge in [-0.2, -0.15) is 0 Å². The average molecular weight is 259 g/mol. The third-order valence-electron chi connectivity index (χ3n) is 2.60. The van der Waals surface area contributed by atoms with Gasteiger partial charge < -0.3 is 10.9 Å². The maximum absolute atomic E-state index is 11.1. The molecule has 0 amide bonds. The molecule has 1 aromatic heterocycles. The number of hydrogen-bond donors (Lipinski definition) is 3. The van der Waals surface area contributed by atoms with Crippen LogP contribution >= 0.6 is 11.8 Å². The second-order valence-electron chi connectivity index (χ2n) is 4.34. The van der Waals surface area contributed by atoms with E-state index in [4.69, 9.17) is 10.9 Å². The number of nitrogens with one attached hydrogen (secondary N) is 1. The van der Waals surface area contributed by atoms with Crippen molar-refractivity contribution in [3.8, 4) is 0 Å². The van der Waals surface area contributed by atoms with E-state index in [1.165, 1.54) is 16.3 Å². The molecule has 0 fully saturated rings. The van der Waals surface area contributed by atoms with Crippen molar-refractivity contribution in [1.82, 2.24) is 14.8 Å². The Bertz CT molecular complexity index is 462. The fourth-order valence-electron chi connectivity index (χ4n) is 1.12. The lowest BCUT2D eigenvalue weighted by molar-refractivity contribution is 0.307. The van der Waals surface area contributed by atoms with Crippen LogP contribution in [-0.4, -0.2) is 31.6 Å². The normalized spacial score (nSPS) is 13.0. The van der Waals surface area contributed by atoms with Crippen LogP contribution in [0.2, 0.25) is 0 Å². The number of aromatic nitrogens is 3. The highest BCUT2D eigenvalue weighted by Crippen LogP contribution is 2.25. The molecule has 0 saturated carbocycles. The first-order valence-electron chi connectivity index (χ1n) is 5.10. The average Bonchev–Trinajstić information content (AvgIpc) is 2.59. The number of hydrogen-bond acceptors (Lipinski definition) is 5. The quantitative estimate of drug-likeness (QED) is 0.232. The number of amidine groups is 1. The molecule has 96 valence electrons. The van der Waals surface area contributed by atoms with E-state index >= 15 is 0 Å². The molecule has 0 aromatic carbocycles. The van der Waals surface area contributed by atoms with Crippen LogP contribution in [0.5, 0.6) is 0 Å². The fourth-order valence-corrected chi connectivity index (χ4v) is 2.30. The number of oxime groups is 1. The fraction of sp³-hybridized carbons (Fsp3) is 0.667. The zero-order chi connectivity index (χ0) is 13.1. The minimum atomic E-state index is -0.378. The third-order valence-corrected chi connectivity index (χ3v) is 3.63. The van der Waals surface area contributed by atoms with Crippen LogP contribution in [0.25, 0.3) is 0 Å². The summed E-state index contributed by atoms with van der Waals surface area (Å²) in [4.78, 5) is 11.1. The molecule has 17 heavy (non-hydrogen) atoms. The van der Waals surface area contributed by atoms with Crippen LogP contribution in [0, 0.1) is 5.41 Å². The first-order chi connectivity index (χ1) is 7.88. The zero-order valence-corrected chi connectivity index (χ0v) is 10.9.